The van der Waals surface area contributed by atoms with Gasteiger partial charge in [-0.15, -0.1) is 0 Å². The molecule has 0 bridgehead atoms. The summed E-state index contributed by atoms with van der Waals surface area (Å²) >= 11 is 0. The highest BCUT2D eigenvalue weighted by Crippen LogP contribution is 2.20. The van der Waals surface area contributed by atoms with Gasteiger partial charge in [-0.05, 0) is 32.1 Å². The molecule has 0 aliphatic heterocycles. The summed E-state index contributed by atoms with van der Waals surface area (Å²) in [6.45, 7) is 4.97. The molecule has 0 heterocycles. The predicted molar refractivity (Wildman–Crippen MR) is 375 cm³/mol. The van der Waals surface area contributed by atoms with E-state index < -0.39 is 12.1 Å². The van der Waals surface area contributed by atoms with Gasteiger partial charge in [-0.3, -0.25) is 9.59 Å². The number of hydrogen-bond donors (Lipinski definition) is 3. The van der Waals surface area contributed by atoms with Crippen LogP contribution in [0.3, 0.4) is 0 Å². The number of unbranched alkanes of at least 4 members (excludes halogenated alkanes) is 64. The molecule has 85 heavy (non-hydrogen) atoms. The Labute approximate surface area is 533 Å². The lowest BCUT2D eigenvalue weighted by atomic mass is 10.0. The lowest BCUT2D eigenvalue weighted by molar-refractivity contribution is -0.143. The zero-order chi connectivity index (χ0) is 61.3. The Kier molecular flexibility index (Phi) is 73.8. The second-order valence-electron chi connectivity index (χ2n) is 27.4. The molecule has 506 valence electrons. The molecule has 0 spiro atoms. The largest absolute Gasteiger partial charge is 0.466 e. The zero-order valence-corrected chi connectivity index (χ0v) is 58.1. The Balaban J connectivity index is 3.33. The number of aliphatic hydroxyl groups excluding tert-OH is 2. The number of carbonyl (C=O) groups excluding carboxylic acids is 2. The van der Waals surface area contributed by atoms with Crippen molar-refractivity contribution in [3.63, 3.8) is 0 Å². The summed E-state index contributed by atoms with van der Waals surface area (Å²) in [6.07, 6.45) is 94.8. The molecule has 0 saturated carbocycles. The Hall–Kier alpha value is -1.40. The standard InChI is InChI=1S/C79H155NO5/c1-3-5-7-9-11-13-15-17-19-20-21-34-37-40-44-47-51-55-59-63-67-71-77(82)76(75-81)80-78(83)72-68-64-60-56-52-48-45-41-38-35-32-30-28-26-24-22-23-25-27-29-31-33-36-39-42-46-50-54-58-62-66-70-74-85-79(84)73-69-65-61-57-53-49-43-18-16-14-12-10-8-6-4-2/h67,71,76-77,81-82H,3-66,68-70,72-75H2,1-2H3,(H,80,83)/b71-67+. The topological polar surface area (TPSA) is 95.9 Å². The van der Waals surface area contributed by atoms with Gasteiger partial charge in [0.05, 0.1) is 25.4 Å². The summed E-state index contributed by atoms with van der Waals surface area (Å²) in [5.74, 6) is -0.0331. The fraction of sp³-hybridized carbons (Fsp3) is 0.949. The maximum Gasteiger partial charge on any atom is 0.305 e. The van der Waals surface area contributed by atoms with Crippen LogP contribution in [0.15, 0.2) is 12.2 Å². The zero-order valence-electron chi connectivity index (χ0n) is 58.1. The Bertz CT molecular complexity index is 1290. The third-order valence-electron chi connectivity index (χ3n) is 18.8. The van der Waals surface area contributed by atoms with Crippen molar-refractivity contribution >= 4 is 11.9 Å². The number of carbonyl (C=O) groups is 2. The van der Waals surface area contributed by atoms with Crippen molar-refractivity contribution in [2.45, 2.75) is 469 Å². The smallest absolute Gasteiger partial charge is 0.305 e. The molecule has 0 rings (SSSR count). The normalized spacial score (nSPS) is 12.5. The van der Waals surface area contributed by atoms with Gasteiger partial charge in [0.25, 0.3) is 0 Å². The van der Waals surface area contributed by atoms with Gasteiger partial charge in [0.2, 0.25) is 5.91 Å². The molecule has 3 N–H and O–H groups in total. The highest BCUT2D eigenvalue weighted by molar-refractivity contribution is 5.76. The third-order valence-corrected chi connectivity index (χ3v) is 18.8. The monoisotopic (exact) mass is 1200 g/mol. The van der Waals surface area contributed by atoms with E-state index in [0.29, 0.717) is 19.4 Å². The van der Waals surface area contributed by atoms with Crippen LogP contribution in [0, 0.1) is 0 Å². The van der Waals surface area contributed by atoms with Crippen LogP contribution < -0.4 is 5.32 Å². The molecule has 0 aromatic rings. The van der Waals surface area contributed by atoms with Crippen LogP contribution in [0.4, 0.5) is 0 Å². The van der Waals surface area contributed by atoms with E-state index in [2.05, 4.69) is 19.2 Å². The SMILES string of the molecule is CCCCCCCCCCCCCCCCCCCCC/C=C/C(O)C(CO)NC(=O)CCCCCCCCCCCCCCCCCCCCCCCCCCCCCCCCCCOC(=O)CCCCCCCCCCCCCCCCC. The van der Waals surface area contributed by atoms with Crippen LogP contribution in [0.1, 0.15) is 457 Å². The molecule has 1 amide bonds. The second-order valence-corrected chi connectivity index (χ2v) is 27.4. The first-order valence-electron chi connectivity index (χ1n) is 39.5. The molecule has 2 atom stereocenters. The lowest BCUT2D eigenvalue weighted by Gasteiger charge is -2.20. The molecule has 6 heteroatoms. The molecule has 0 radical (unpaired) electrons. The lowest BCUT2D eigenvalue weighted by Crippen LogP contribution is -2.45. The summed E-state index contributed by atoms with van der Waals surface area (Å²) in [7, 11) is 0. The fourth-order valence-electron chi connectivity index (χ4n) is 12.8. The van der Waals surface area contributed by atoms with Crippen molar-refractivity contribution in [2.24, 2.45) is 0 Å². The number of ether oxygens (including phenoxy) is 1. The summed E-state index contributed by atoms with van der Waals surface area (Å²) in [4.78, 5) is 24.6. The average Bonchev–Trinajstić information content (AvgIpc) is 3.51. The van der Waals surface area contributed by atoms with Gasteiger partial charge in [0, 0.05) is 12.8 Å². The molecular weight excluding hydrogens is 1040 g/mol. The van der Waals surface area contributed by atoms with E-state index in [0.717, 1.165) is 38.5 Å². The molecule has 0 aromatic carbocycles. The molecule has 0 fully saturated rings. The van der Waals surface area contributed by atoms with Crippen molar-refractivity contribution in [1.82, 2.24) is 5.32 Å². The molecule has 0 aliphatic carbocycles. The van der Waals surface area contributed by atoms with E-state index >= 15 is 0 Å². The van der Waals surface area contributed by atoms with Gasteiger partial charge >= 0.3 is 5.97 Å². The molecular formula is C79H155NO5. The number of aliphatic hydroxyl groups is 2. The van der Waals surface area contributed by atoms with E-state index in [4.69, 9.17) is 4.74 Å². The van der Waals surface area contributed by atoms with Gasteiger partial charge in [0.1, 0.15) is 0 Å². The Morgan fingerprint density at radius 1 is 0.318 bits per heavy atom. The summed E-state index contributed by atoms with van der Waals surface area (Å²) in [6, 6.07) is -0.625. The van der Waals surface area contributed by atoms with Crippen molar-refractivity contribution in [3.05, 3.63) is 12.2 Å². The number of hydrogen-bond acceptors (Lipinski definition) is 5. The maximum absolute atomic E-state index is 12.5. The first-order chi connectivity index (χ1) is 42.0. The average molecular weight is 1200 g/mol. The highest BCUT2D eigenvalue weighted by Gasteiger charge is 2.18. The molecule has 2 unspecified atom stereocenters. The number of allylic oxidation sites excluding steroid dienone is 1. The van der Waals surface area contributed by atoms with Crippen LogP contribution in [0.2, 0.25) is 0 Å². The number of rotatable bonds is 75. The minimum Gasteiger partial charge on any atom is -0.466 e. The summed E-state index contributed by atoms with van der Waals surface area (Å²) in [5, 5.41) is 23.3. The molecule has 0 aromatic heterocycles. The van der Waals surface area contributed by atoms with Gasteiger partial charge < -0.3 is 20.3 Å². The number of amides is 1. The Morgan fingerprint density at radius 3 is 0.800 bits per heavy atom. The van der Waals surface area contributed by atoms with Crippen LogP contribution in [0.25, 0.3) is 0 Å². The predicted octanol–water partition coefficient (Wildman–Crippen LogP) is 25.9. The van der Waals surface area contributed by atoms with Crippen molar-refractivity contribution < 1.29 is 24.5 Å². The fourth-order valence-corrected chi connectivity index (χ4v) is 12.8. The van der Waals surface area contributed by atoms with Crippen molar-refractivity contribution in [2.75, 3.05) is 13.2 Å². The van der Waals surface area contributed by atoms with Crippen molar-refractivity contribution in [3.8, 4) is 0 Å². The maximum atomic E-state index is 12.5. The molecule has 0 aliphatic rings. The first-order valence-corrected chi connectivity index (χ1v) is 39.5. The van der Waals surface area contributed by atoms with Gasteiger partial charge in [-0.2, -0.15) is 0 Å². The minimum absolute atomic E-state index is 0.0251. The minimum atomic E-state index is -0.842. The van der Waals surface area contributed by atoms with Crippen molar-refractivity contribution in [1.29, 1.82) is 0 Å². The number of nitrogens with one attached hydrogen (secondary N) is 1. The van der Waals surface area contributed by atoms with E-state index in [1.54, 1.807) is 6.08 Å². The summed E-state index contributed by atoms with van der Waals surface area (Å²) < 4.78 is 5.51. The quantitative estimate of drug-likeness (QED) is 0.0320. The Morgan fingerprint density at radius 2 is 0.541 bits per heavy atom. The van der Waals surface area contributed by atoms with Crippen LogP contribution in [0.5, 0.6) is 0 Å². The molecule has 0 saturated heterocycles. The van der Waals surface area contributed by atoms with E-state index in [1.807, 2.05) is 6.08 Å². The van der Waals surface area contributed by atoms with E-state index in [1.165, 1.54) is 392 Å². The van der Waals surface area contributed by atoms with Crippen LogP contribution in [-0.2, 0) is 14.3 Å². The third kappa shape index (κ3) is 71.6. The van der Waals surface area contributed by atoms with E-state index in [9.17, 15) is 19.8 Å². The van der Waals surface area contributed by atoms with Crippen LogP contribution >= 0.6 is 0 Å². The second kappa shape index (κ2) is 75.1. The molecule has 6 nitrogen and oxygen atoms in total. The van der Waals surface area contributed by atoms with Gasteiger partial charge in [-0.25, -0.2) is 0 Å². The number of esters is 1. The highest BCUT2D eigenvalue weighted by atomic mass is 16.5. The van der Waals surface area contributed by atoms with Gasteiger partial charge in [-0.1, -0.05) is 424 Å². The van der Waals surface area contributed by atoms with E-state index in [-0.39, 0.29) is 18.5 Å². The summed E-state index contributed by atoms with van der Waals surface area (Å²) in [5.41, 5.74) is 0. The first kappa shape index (κ1) is 83.6. The van der Waals surface area contributed by atoms with Crippen LogP contribution in [-0.4, -0.2) is 47.4 Å². The van der Waals surface area contributed by atoms with Gasteiger partial charge in [0.15, 0.2) is 0 Å².